The van der Waals surface area contributed by atoms with Crippen LogP contribution in [0.4, 0.5) is 0 Å². The molecular formula is C17H14O3S. The van der Waals surface area contributed by atoms with Crippen LogP contribution in [0.2, 0.25) is 0 Å². The first kappa shape index (κ1) is 7.80. The van der Waals surface area contributed by atoms with E-state index in [9.17, 15) is 14.7 Å². The van der Waals surface area contributed by atoms with Gasteiger partial charge in [-0.1, -0.05) is 42.0 Å². The fraction of sp³-hybridized carbons (Fsp3) is 0.176. The van der Waals surface area contributed by atoms with Gasteiger partial charge in [-0.2, -0.15) is 0 Å². The summed E-state index contributed by atoms with van der Waals surface area (Å²) < 4.78 is 54.1. The van der Waals surface area contributed by atoms with Crippen molar-refractivity contribution in [1.82, 2.24) is 0 Å². The molecule has 21 heavy (non-hydrogen) atoms. The summed E-state index contributed by atoms with van der Waals surface area (Å²) in [7, 11) is 0. The van der Waals surface area contributed by atoms with Crippen molar-refractivity contribution in [2.45, 2.75) is 29.0 Å². The van der Waals surface area contributed by atoms with Crippen LogP contribution in [0.25, 0.3) is 0 Å². The van der Waals surface area contributed by atoms with E-state index in [1.54, 1.807) is 0 Å². The molecule has 0 fully saturated rings. The van der Waals surface area contributed by atoms with Crippen molar-refractivity contribution in [2.75, 3.05) is 0 Å². The number of ketones is 1. The lowest BCUT2D eigenvalue weighted by atomic mass is 9.96. The average molecular weight is 305 g/mol. The van der Waals surface area contributed by atoms with Crippen LogP contribution in [0.3, 0.4) is 0 Å². The molecule has 4 heteroatoms. The summed E-state index contributed by atoms with van der Waals surface area (Å²) in [6, 6.07) is 2.51. The number of carbonyl (C=O) groups excluding carboxylic acids is 1. The highest BCUT2D eigenvalue weighted by Gasteiger charge is 2.22. The molecule has 0 saturated carbocycles. The van der Waals surface area contributed by atoms with E-state index in [1.165, 1.54) is 18.2 Å². The van der Waals surface area contributed by atoms with Gasteiger partial charge in [0.2, 0.25) is 0 Å². The van der Waals surface area contributed by atoms with Crippen LogP contribution in [-0.2, 0) is 11.2 Å². The first-order valence-electron chi connectivity index (χ1n) is 9.60. The smallest absolute Gasteiger partial charge is 0.310 e. The molecule has 1 aliphatic heterocycles. The summed E-state index contributed by atoms with van der Waals surface area (Å²) in [4.78, 5) is 24.8. The maximum absolute atomic E-state index is 12.7. The number of carbonyl (C=O) groups is 2. The summed E-state index contributed by atoms with van der Waals surface area (Å²) in [5.74, 6) is -3.79. The van der Waals surface area contributed by atoms with Crippen LogP contribution in [-0.4, -0.2) is 16.9 Å². The van der Waals surface area contributed by atoms with Gasteiger partial charge < -0.3 is 5.11 Å². The lowest BCUT2D eigenvalue weighted by Crippen LogP contribution is -2.09. The van der Waals surface area contributed by atoms with E-state index in [2.05, 4.69) is 0 Å². The molecule has 1 atom stereocenters. The molecular weight excluding hydrogens is 284 g/mol. The van der Waals surface area contributed by atoms with Crippen LogP contribution in [0.5, 0.6) is 0 Å². The molecule has 2 aromatic rings. The van der Waals surface area contributed by atoms with Gasteiger partial charge >= 0.3 is 5.97 Å². The highest BCUT2D eigenvalue weighted by Crippen LogP contribution is 2.38. The Kier molecular flexibility index (Phi) is 2.00. The number of benzene rings is 2. The lowest BCUT2D eigenvalue weighted by Gasteiger charge is -2.11. The molecule has 0 radical (unpaired) electrons. The summed E-state index contributed by atoms with van der Waals surface area (Å²) in [6.45, 7) is -2.77. The van der Waals surface area contributed by atoms with E-state index in [0.29, 0.717) is 10.5 Å². The Labute approximate surface area is 136 Å². The van der Waals surface area contributed by atoms with Gasteiger partial charge in [-0.15, -0.1) is 0 Å². The van der Waals surface area contributed by atoms with Gasteiger partial charge in [0.1, 0.15) is 0 Å². The zero-order chi connectivity index (χ0) is 21.0. The molecule has 3 rings (SSSR count). The highest BCUT2D eigenvalue weighted by molar-refractivity contribution is 7.99. The summed E-state index contributed by atoms with van der Waals surface area (Å²) in [6.07, 6.45) is -0.224. The lowest BCUT2D eigenvalue weighted by molar-refractivity contribution is -0.138. The van der Waals surface area contributed by atoms with Crippen molar-refractivity contribution in [3.05, 3.63) is 59.1 Å². The van der Waals surface area contributed by atoms with Crippen molar-refractivity contribution < 1.29 is 24.3 Å². The second kappa shape index (κ2) is 5.37. The van der Waals surface area contributed by atoms with Crippen LogP contribution >= 0.6 is 11.8 Å². The third-order valence-electron chi connectivity index (χ3n) is 3.16. The molecule has 3 nitrogen and oxygen atoms in total. The van der Waals surface area contributed by atoms with Gasteiger partial charge in [0.15, 0.2) is 5.78 Å². The number of rotatable bonds is 2. The quantitative estimate of drug-likeness (QED) is 0.917. The Bertz CT molecular complexity index is 1020. The maximum atomic E-state index is 12.7. The zero-order valence-electron chi connectivity index (χ0n) is 17.7. The first-order valence-corrected chi connectivity index (χ1v) is 6.92. The van der Waals surface area contributed by atoms with E-state index < -0.39 is 42.6 Å². The summed E-state index contributed by atoms with van der Waals surface area (Å²) >= 11 is 0.987. The molecule has 106 valence electrons. The predicted octanol–water partition coefficient (Wildman–Crippen LogP) is 3.76. The second-order valence-corrected chi connectivity index (χ2v) is 5.60. The van der Waals surface area contributed by atoms with Crippen LogP contribution in [0.15, 0.2) is 52.2 Å². The van der Waals surface area contributed by atoms with E-state index >= 15 is 0 Å². The van der Waals surface area contributed by atoms with E-state index in [-0.39, 0.29) is 28.5 Å². The minimum atomic E-state index is -2.77. The average Bonchev–Trinajstić information content (AvgIpc) is 2.72. The Morgan fingerprint density at radius 2 is 2.19 bits per heavy atom. The van der Waals surface area contributed by atoms with Gasteiger partial charge in [-0.25, -0.2) is 0 Å². The molecule has 0 spiro atoms. The van der Waals surface area contributed by atoms with Crippen LogP contribution < -0.4 is 0 Å². The van der Waals surface area contributed by atoms with Gasteiger partial charge in [0, 0.05) is 25.9 Å². The van der Waals surface area contributed by atoms with Crippen molar-refractivity contribution >= 4 is 23.5 Å². The van der Waals surface area contributed by atoms with Gasteiger partial charge in [0.25, 0.3) is 0 Å². The van der Waals surface area contributed by atoms with Crippen molar-refractivity contribution in [3.8, 4) is 0 Å². The summed E-state index contributed by atoms with van der Waals surface area (Å²) in [5, 5.41) is 9.33. The minimum Gasteiger partial charge on any atom is -0.481 e. The van der Waals surface area contributed by atoms with Gasteiger partial charge in [-0.05, 0) is 30.1 Å². The Morgan fingerprint density at radius 3 is 2.95 bits per heavy atom. The topological polar surface area (TPSA) is 54.4 Å². The Hall–Kier alpha value is -2.07. The maximum Gasteiger partial charge on any atom is 0.310 e. The molecule has 0 amide bonds. The normalized spacial score (nSPS) is 20.2. The monoisotopic (exact) mass is 305 g/mol. The molecule has 0 saturated heterocycles. The van der Waals surface area contributed by atoms with Crippen molar-refractivity contribution in [3.63, 3.8) is 0 Å². The number of aliphatic carboxylic acids is 1. The van der Waals surface area contributed by atoms with Crippen molar-refractivity contribution in [2.24, 2.45) is 0 Å². The molecule has 1 heterocycles. The molecule has 0 aromatic heterocycles. The number of fused-ring (bicyclic) bond motifs is 2. The van der Waals surface area contributed by atoms with Gasteiger partial charge in [0.05, 0.1) is 11.4 Å². The molecule has 0 bridgehead atoms. The highest BCUT2D eigenvalue weighted by atomic mass is 32.2. The molecule has 0 aliphatic carbocycles. The molecule has 2 aromatic carbocycles. The third kappa shape index (κ3) is 2.59. The largest absolute Gasteiger partial charge is 0.481 e. The summed E-state index contributed by atoms with van der Waals surface area (Å²) in [5.41, 5.74) is 0.306. The number of carboxylic acid groups (broad SMARTS) is 1. The number of Topliss-reactive ketones (excluding diaryl/α,β-unsaturated/α-hetero) is 1. The van der Waals surface area contributed by atoms with E-state index in [4.69, 9.17) is 9.60 Å². The fourth-order valence-electron chi connectivity index (χ4n) is 2.10. The van der Waals surface area contributed by atoms with Crippen molar-refractivity contribution in [1.29, 1.82) is 0 Å². The molecule has 1 unspecified atom stereocenters. The SMILES string of the molecule is [2H]c1c([2H])c([2H])c2c(c1[2H])Sc1ccc(C(C(=O)O)C([2H])([2H])[2H])cc1CC2=O. The fourth-order valence-corrected chi connectivity index (χ4v) is 3.09. The van der Waals surface area contributed by atoms with Crippen LogP contribution in [0, 0.1) is 0 Å². The number of carboxylic acids is 1. The third-order valence-corrected chi connectivity index (χ3v) is 4.29. The first-order chi connectivity index (χ1) is 12.9. The van der Waals surface area contributed by atoms with E-state index in [0.717, 1.165) is 11.8 Å². The number of hydrogen-bond donors (Lipinski definition) is 1. The van der Waals surface area contributed by atoms with E-state index in [1.807, 2.05) is 0 Å². The Morgan fingerprint density at radius 1 is 1.38 bits per heavy atom. The second-order valence-electron chi connectivity index (χ2n) is 4.54. The molecule has 1 N–H and O–H groups in total. The van der Waals surface area contributed by atoms with Gasteiger partial charge in [-0.3, -0.25) is 9.59 Å². The zero-order valence-corrected chi connectivity index (χ0v) is 11.5. The van der Waals surface area contributed by atoms with Crippen LogP contribution in [0.1, 0.15) is 43.8 Å². The number of hydrogen-bond acceptors (Lipinski definition) is 3. The standard InChI is InChI=1S/C17H14O3S/c1-10(17(19)20)11-6-7-15-12(8-11)9-14(18)13-4-2-3-5-16(13)21-15/h2-8,10H,9H2,1H3,(H,19,20)/i1D3,2D,3D,4D,5D. The predicted molar refractivity (Wildman–Crippen MR) is 81.1 cm³/mol. The Balaban J connectivity index is 2.16. The molecule has 1 aliphatic rings. The minimum absolute atomic E-state index is 0.0326.